The second kappa shape index (κ2) is 3.73. The second-order valence-electron chi connectivity index (χ2n) is 4.00. The number of aromatic nitrogens is 2. The molecule has 2 aromatic carbocycles. The zero-order chi connectivity index (χ0) is 12.7. The van der Waals surface area contributed by atoms with E-state index in [1.165, 1.54) is 12.1 Å². The molecule has 1 heterocycles. The SMILES string of the molecule is Nc1cc(-c2nc3c(F)cccc3[nH]2)ccc1O. The third kappa shape index (κ3) is 1.57. The molecular weight excluding hydrogens is 233 g/mol. The van der Waals surface area contributed by atoms with E-state index >= 15 is 0 Å². The van der Waals surface area contributed by atoms with E-state index in [1.54, 1.807) is 24.3 Å². The lowest BCUT2D eigenvalue weighted by Gasteiger charge is -2.00. The summed E-state index contributed by atoms with van der Waals surface area (Å²) in [4.78, 5) is 7.20. The predicted molar refractivity (Wildman–Crippen MR) is 67.6 cm³/mol. The van der Waals surface area contributed by atoms with Crippen LogP contribution in [0.25, 0.3) is 22.4 Å². The fourth-order valence-electron chi connectivity index (χ4n) is 1.84. The smallest absolute Gasteiger partial charge is 0.151 e. The lowest BCUT2D eigenvalue weighted by atomic mass is 10.2. The third-order valence-corrected chi connectivity index (χ3v) is 2.76. The average Bonchev–Trinajstić information content (AvgIpc) is 2.78. The van der Waals surface area contributed by atoms with Crippen molar-refractivity contribution in [1.82, 2.24) is 9.97 Å². The van der Waals surface area contributed by atoms with Gasteiger partial charge < -0.3 is 15.8 Å². The number of imidazole rings is 1. The van der Waals surface area contributed by atoms with Crippen molar-refractivity contribution in [3.05, 3.63) is 42.2 Å². The average molecular weight is 243 g/mol. The fourth-order valence-corrected chi connectivity index (χ4v) is 1.84. The van der Waals surface area contributed by atoms with Gasteiger partial charge in [0.2, 0.25) is 0 Å². The summed E-state index contributed by atoms with van der Waals surface area (Å²) in [6, 6.07) is 9.46. The Kier molecular flexibility index (Phi) is 2.19. The van der Waals surface area contributed by atoms with E-state index in [1.807, 2.05) is 0 Å². The van der Waals surface area contributed by atoms with Crippen LogP contribution in [0.15, 0.2) is 36.4 Å². The number of anilines is 1. The second-order valence-corrected chi connectivity index (χ2v) is 4.00. The topological polar surface area (TPSA) is 74.9 Å². The van der Waals surface area contributed by atoms with Crippen molar-refractivity contribution in [3.63, 3.8) is 0 Å². The highest BCUT2D eigenvalue weighted by atomic mass is 19.1. The standard InChI is InChI=1S/C13H10FN3O/c14-8-2-1-3-10-12(8)17-13(16-10)7-4-5-11(18)9(15)6-7/h1-6,18H,15H2,(H,16,17). The monoisotopic (exact) mass is 243 g/mol. The molecule has 90 valence electrons. The Hall–Kier alpha value is -2.56. The van der Waals surface area contributed by atoms with Crippen molar-refractivity contribution in [1.29, 1.82) is 0 Å². The zero-order valence-electron chi connectivity index (χ0n) is 9.31. The number of aromatic amines is 1. The number of benzene rings is 2. The molecule has 0 amide bonds. The summed E-state index contributed by atoms with van der Waals surface area (Å²) in [6.07, 6.45) is 0. The maximum atomic E-state index is 13.5. The molecule has 18 heavy (non-hydrogen) atoms. The van der Waals surface area contributed by atoms with Crippen LogP contribution < -0.4 is 5.73 Å². The molecule has 0 atom stereocenters. The van der Waals surface area contributed by atoms with Crippen molar-refractivity contribution in [3.8, 4) is 17.1 Å². The summed E-state index contributed by atoms with van der Waals surface area (Å²) in [5, 5.41) is 9.36. The molecule has 4 N–H and O–H groups in total. The van der Waals surface area contributed by atoms with Gasteiger partial charge in [0, 0.05) is 5.56 Å². The van der Waals surface area contributed by atoms with Gasteiger partial charge in [-0.1, -0.05) is 6.07 Å². The Bertz CT molecular complexity index is 736. The molecule has 0 saturated heterocycles. The first kappa shape index (κ1) is 10.6. The van der Waals surface area contributed by atoms with Gasteiger partial charge in [0.05, 0.1) is 11.2 Å². The molecule has 0 saturated carbocycles. The van der Waals surface area contributed by atoms with Gasteiger partial charge in [-0.15, -0.1) is 0 Å². The zero-order valence-corrected chi connectivity index (χ0v) is 9.31. The maximum absolute atomic E-state index is 13.5. The van der Waals surface area contributed by atoms with E-state index in [0.717, 1.165) is 0 Å². The Balaban J connectivity index is 2.19. The molecule has 0 fully saturated rings. The largest absolute Gasteiger partial charge is 0.506 e. The first-order valence-electron chi connectivity index (χ1n) is 5.38. The number of nitrogens with zero attached hydrogens (tertiary/aromatic N) is 1. The number of nitrogens with two attached hydrogens (primary N) is 1. The van der Waals surface area contributed by atoms with E-state index in [0.29, 0.717) is 22.4 Å². The van der Waals surface area contributed by atoms with Crippen LogP contribution in [0.5, 0.6) is 5.75 Å². The van der Waals surface area contributed by atoms with Crippen LogP contribution in [-0.4, -0.2) is 15.1 Å². The predicted octanol–water partition coefficient (Wildman–Crippen LogP) is 2.66. The van der Waals surface area contributed by atoms with Gasteiger partial charge in [0.25, 0.3) is 0 Å². The number of aromatic hydroxyl groups is 1. The van der Waals surface area contributed by atoms with Gasteiger partial charge in [0.15, 0.2) is 5.82 Å². The quantitative estimate of drug-likeness (QED) is 0.454. The molecule has 0 aliphatic carbocycles. The van der Waals surface area contributed by atoms with E-state index in [4.69, 9.17) is 5.73 Å². The van der Waals surface area contributed by atoms with Crippen LogP contribution in [0, 0.1) is 5.82 Å². The molecule has 0 aliphatic rings. The molecule has 0 bridgehead atoms. The van der Waals surface area contributed by atoms with E-state index < -0.39 is 0 Å². The number of phenols is 1. The van der Waals surface area contributed by atoms with E-state index in [9.17, 15) is 9.50 Å². The number of hydrogen-bond donors (Lipinski definition) is 3. The number of rotatable bonds is 1. The Morgan fingerprint density at radius 3 is 2.78 bits per heavy atom. The van der Waals surface area contributed by atoms with Gasteiger partial charge in [-0.2, -0.15) is 0 Å². The lowest BCUT2D eigenvalue weighted by Crippen LogP contribution is -1.87. The number of nitrogens with one attached hydrogen (secondary N) is 1. The van der Waals surface area contributed by atoms with E-state index in [-0.39, 0.29) is 17.3 Å². The molecule has 0 aliphatic heterocycles. The van der Waals surface area contributed by atoms with Crippen molar-refractivity contribution in [2.24, 2.45) is 0 Å². The normalized spacial score (nSPS) is 10.9. The molecule has 0 unspecified atom stereocenters. The lowest BCUT2D eigenvalue weighted by molar-refractivity contribution is 0.478. The molecule has 0 spiro atoms. The van der Waals surface area contributed by atoms with Crippen LogP contribution in [0.2, 0.25) is 0 Å². The first-order chi connectivity index (χ1) is 8.65. The minimum absolute atomic E-state index is 0.0149. The number of hydrogen-bond acceptors (Lipinski definition) is 3. The van der Waals surface area contributed by atoms with Gasteiger partial charge in [0.1, 0.15) is 17.1 Å². The van der Waals surface area contributed by atoms with Gasteiger partial charge >= 0.3 is 0 Å². The summed E-state index contributed by atoms with van der Waals surface area (Å²) in [7, 11) is 0. The minimum atomic E-state index is -0.373. The molecule has 5 heteroatoms. The van der Waals surface area contributed by atoms with Crippen LogP contribution >= 0.6 is 0 Å². The molecule has 0 radical (unpaired) electrons. The molecular formula is C13H10FN3O. The number of para-hydroxylation sites is 1. The Morgan fingerprint density at radius 2 is 2.06 bits per heavy atom. The van der Waals surface area contributed by atoms with Crippen molar-refractivity contribution < 1.29 is 9.50 Å². The molecule has 3 rings (SSSR count). The fraction of sp³-hybridized carbons (Fsp3) is 0. The molecule has 1 aromatic heterocycles. The van der Waals surface area contributed by atoms with Crippen LogP contribution in [0.1, 0.15) is 0 Å². The maximum Gasteiger partial charge on any atom is 0.151 e. The van der Waals surface area contributed by atoms with Gasteiger partial charge in [-0.3, -0.25) is 0 Å². The van der Waals surface area contributed by atoms with Crippen molar-refractivity contribution in [2.75, 3.05) is 5.73 Å². The van der Waals surface area contributed by atoms with Crippen molar-refractivity contribution >= 4 is 16.7 Å². The van der Waals surface area contributed by atoms with Crippen LogP contribution in [0.3, 0.4) is 0 Å². The molecule has 4 nitrogen and oxygen atoms in total. The number of H-pyrrole nitrogens is 1. The number of phenolic OH excluding ortho intramolecular Hbond substituents is 1. The van der Waals surface area contributed by atoms with E-state index in [2.05, 4.69) is 9.97 Å². The number of nitrogen functional groups attached to an aromatic ring is 1. The van der Waals surface area contributed by atoms with Gasteiger partial charge in [-0.05, 0) is 30.3 Å². The molecule has 3 aromatic rings. The Labute approximate surface area is 102 Å². The van der Waals surface area contributed by atoms with Gasteiger partial charge in [-0.25, -0.2) is 9.37 Å². The third-order valence-electron chi connectivity index (χ3n) is 2.76. The highest BCUT2D eigenvalue weighted by molar-refractivity contribution is 5.80. The summed E-state index contributed by atoms with van der Waals surface area (Å²) in [5.41, 5.74) is 7.48. The minimum Gasteiger partial charge on any atom is -0.506 e. The summed E-state index contributed by atoms with van der Waals surface area (Å²) in [6.45, 7) is 0. The summed E-state index contributed by atoms with van der Waals surface area (Å²) >= 11 is 0. The van der Waals surface area contributed by atoms with Crippen LogP contribution in [0.4, 0.5) is 10.1 Å². The Morgan fingerprint density at radius 1 is 1.22 bits per heavy atom. The summed E-state index contributed by atoms with van der Waals surface area (Å²) < 4.78 is 13.5. The highest BCUT2D eigenvalue weighted by Crippen LogP contribution is 2.27. The first-order valence-corrected chi connectivity index (χ1v) is 5.38. The van der Waals surface area contributed by atoms with Crippen molar-refractivity contribution in [2.45, 2.75) is 0 Å². The highest BCUT2D eigenvalue weighted by Gasteiger charge is 2.09. The number of fused-ring (bicyclic) bond motifs is 1. The van der Waals surface area contributed by atoms with Crippen LogP contribution in [-0.2, 0) is 0 Å². The number of halogens is 1. The summed E-state index contributed by atoms with van der Waals surface area (Å²) in [5.74, 6) is 0.157.